The van der Waals surface area contributed by atoms with Crippen LogP contribution in [0.15, 0.2) is 84.9 Å². The molecule has 0 aliphatic rings. The van der Waals surface area contributed by atoms with E-state index in [4.69, 9.17) is 0 Å². The highest BCUT2D eigenvalue weighted by atomic mass is 19.1. The second kappa shape index (κ2) is 6.88. The fraction of sp³-hybridized carbons (Fsp3) is 0.0500. The number of hydrogen-bond donors (Lipinski definition) is 1. The molecule has 0 spiro atoms. The Hall–Kier alpha value is -2.94. The van der Waals surface area contributed by atoms with Crippen molar-refractivity contribution in [2.24, 2.45) is 0 Å². The second-order valence-electron chi connectivity index (χ2n) is 5.23. The van der Waals surface area contributed by atoms with Gasteiger partial charge in [0.2, 0.25) is 0 Å². The largest absolute Gasteiger partial charge is 0.341 e. The van der Waals surface area contributed by atoms with Crippen molar-refractivity contribution in [2.75, 3.05) is 0 Å². The summed E-state index contributed by atoms with van der Waals surface area (Å²) in [7, 11) is 0. The molecule has 3 aromatic carbocycles. The number of amides is 1. The summed E-state index contributed by atoms with van der Waals surface area (Å²) in [6, 6.07) is 24.6. The zero-order valence-corrected chi connectivity index (χ0v) is 12.4. The Kier molecular flexibility index (Phi) is 4.48. The minimum absolute atomic E-state index is 0.163. The van der Waals surface area contributed by atoms with E-state index in [9.17, 15) is 9.18 Å². The standard InChI is InChI=1S/C20H16FNO/c21-18-13-11-16(12-14-18)19(15-7-3-1-4-8-15)22-20(23)17-9-5-2-6-10-17/h1-14,19H,(H,22,23). The molecule has 0 radical (unpaired) electrons. The molecule has 1 N–H and O–H groups in total. The number of nitrogens with one attached hydrogen (secondary N) is 1. The van der Waals surface area contributed by atoms with Gasteiger partial charge in [-0.1, -0.05) is 60.7 Å². The maximum atomic E-state index is 13.2. The molecule has 0 bridgehead atoms. The van der Waals surface area contributed by atoms with Crippen molar-refractivity contribution >= 4 is 5.91 Å². The van der Waals surface area contributed by atoms with Crippen LogP contribution in [0.25, 0.3) is 0 Å². The second-order valence-corrected chi connectivity index (χ2v) is 5.23. The fourth-order valence-electron chi connectivity index (χ4n) is 2.46. The molecule has 2 nitrogen and oxygen atoms in total. The summed E-state index contributed by atoms with van der Waals surface area (Å²) < 4.78 is 13.2. The number of benzene rings is 3. The Balaban J connectivity index is 1.93. The third kappa shape index (κ3) is 3.64. The van der Waals surface area contributed by atoms with Gasteiger partial charge in [0.05, 0.1) is 6.04 Å². The summed E-state index contributed by atoms with van der Waals surface area (Å²) in [5.74, 6) is -0.460. The van der Waals surface area contributed by atoms with Gasteiger partial charge in [-0.05, 0) is 35.4 Å². The van der Waals surface area contributed by atoms with Crippen molar-refractivity contribution < 1.29 is 9.18 Å². The van der Waals surface area contributed by atoms with E-state index in [2.05, 4.69) is 5.32 Å². The van der Waals surface area contributed by atoms with E-state index in [1.807, 2.05) is 48.5 Å². The Bertz CT molecular complexity index is 770. The highest BCUT2D eigenvalue weighted by molar-refractivity contribution is 5.94. The quantitative estimate of drug-likeness (QED) is 0.763. The van der Waals surface area contributed by atoms with E-state index in [1.54, 1.807) is 24.3 Å². The molecule has 0 saturated heterocycles. The number of hydrogen-bond acceptors (Lipinski definition) is 1. The first-order valence-electron chi connectivity index (χ1n) is 7.40. The molecule has 1 unspecified atom stereocenters. The SMILES string of the molecule is O=C(NC(c1ccccc1)c1ccc(F)cc1)c1ccccc1. The van der Waals surface area contributed by atoms with Gasteiger partial charge in [0.25, 0.3) is 5.91 Å². The van der Waals surface area contributed by atoms with Crippen LogP contribution in [0.1, 0.15) is 27.5 Å². The molecular weight excluding hydrogens is 289 g/mol. The van der Waals surface area contributed by atoms with Crippen molar-refractivity contribution in [3.8, 4) is 0 Å². The lowest BCUT2D eigenvalue weighted by Gasteiger charge is -2.20. The molecule has 23 heavy (non-hydrogen) atoms. The minimum atomic E-state index is -0.329. The predicted molar refractivity (Wildman–Crippen MR) is 88.6 cm³/mol. The molecule has 0 aliphatic carbocycles. The Morgan fingerprint density at radius 2 is 1.26 bits per heavy atom. The Morgan fingerprint density at radius 3 is 1.87 bits per heavy atom. The van der Waals surface area contributed by atoms with Crippen LogP contribution in [0.5, 0.6) is 0 Å². The summed E-state index contributed by atoms with van der Waals surface area (Å²) in [6.07, 6.45) is 0. The molecule has 114 valence electrons. The van der Waals surface area contributed by atoms with Crippen LogP contribution in [-0.4, -0.2) is 5.91 Å². The number of halogens is 1. The maximum Gasteiger partial charge on any atom is 0.252 e. The van der Waals surface area contributed by atoms with Crippen molar-refractivity contribution in [1.82, 2.24) is 5.32 Å². The predicted octanol–water partition coefficient (Wildman–Crippen LogP) is 4.35. The van der Waals surface area contributed by atoms with Crippen molar-refractivity contribution in [3.63, 3.8) is 0 Å². The van der Waals surface area contributed by atoms with E-state index in [0.717, 1.165) is 11.1 Å². The summed E-state index contributed by atoms with van der Waals surface area (Å²) in [4.78, 5) is 12.5. The highest BCUT2D eigenvalue weighted by Gasteiger charge is 2.17. The Morgan fingerprint density at radius 1 is 0.739 bits per heavy atom. The van der Waals surface area contributed by atoms with Gasteiger partial charge in [-0.25, -0.2) is 4.39 Å². The first-order chi connectivity index (χ1) is 11.2. The third-order valence-corrected chi connectivity index (χ3v) is 3.65. The molecule has 3 rings (SSSR count). The van der Waals surface area contributed by atoms with Gasteiger partial charge in [-0.2, -0.15) is 0 Å². The van der Waals surface area contributed by atoms with E-state index in [0.29, 0.717) is 5.56 Å². The summed E-state index contributed by atoms with van der Waals surface area (Å²) in [5.41, 5.74) is 2.38. The first-order valence-corrected chi connectivity index (χ1v) is 7.40. The summed E-state index contributed by atoms with van der Waals surface area (Å²) >= 11 is 0. The van der Waals surface area contributed by atoms with E-state index in [-0.39, 0.29) is 17.8 Å². The normalized spacial score (nSPS) is 11.7. The molecule has 1 atom stereocenters. The number of carbonyl (C=O) groups excluding carboxylic acids is 1. The number of carbonyl (C=O) groups is 1. The van der Waals surface area contributed by atoms with Gasteiger partial charge in [-0.3, -0.25) is 4.79 Å². The topological polar surface area (TPSA) is 29.1 Å². The third-order valence-electron chi connectivity index (χ3n) is 3.65. The molecule has 3 aromatic rings. The smallest absolute Gasteiger partial charge is 0.252 e. The van der Waals surface area contributed by atoms with Crippen LogP contribution in [-0.2, 0) is 0 Å². The van der Waals surface area contributed by atoms with Gasteiger partial charge in [-0.15, -0.1) is 0 Å². The monoisotopic (exact) mass is 305 g/mol. The molecular formula is C20H16FNO. The molecule has 1 amide bonds. The number of rotatable bonds is 4. The van der Waals surface area contributed by atoms with Crippen LogP contribution in [0.4, 0.5) is 4.39 Å². The summed E-state index contributed by atoms with van der Waals surface area (Å²) in [5, 5.41) is 3.02. The van der Waals surface area contributed by atoms with E-state index >= 15 is 0 Å². The van der Waals surface area contributed by atoms with Crippen LogP contribution in [0.3, 0.4) is 0 Å². The van der Waals surface area contributed by atoms with Crippen LogP contribution in [0.2, 0.25) is 0 Å². The molecule has 0 aliphatic heterocycles. The lowest BCUT2D eigenvalue weighted by molar-refractivity contribution is 0.0943. The van der Waals surface area contributed by atoms with Gasteiger partial charge >= 0.3 is 0 Å². The van der Waals surface area contributed by atoms with Crippen LogP contribution >= 0.6 is 0 Å². The molecule has 0 fully saturated rings. The van der Waals surface area contributed by atoms with Crippen LogP contribution < -0.4 is 5.32 Å². The molecule has 0 saturated carbocycles. The average molecular weight is 305 g/mol. The van der Waals surface area contributed by atoms with Gasteiger partial charge in [0.1, 0.15) is 5.82 Å². The van der Waals surface area contributed by atoms with Gasteiger partial charge in [0, 0.05) is 5.56 Å². The maximum absolute atomic E-state index is 13.2. The Labute approximate surface area is 134 Å². The zero-order valence-electron chi connectivity index (χ0n) is 12.4. The highest BCUT2D eigenvalue weighted by Crippen LogP contribution is 2.22. The molecule has 0 heterocycles. The minimum Gasteiger partial charge on any atom is -0.341 e. The molecule has 0 aromatic heterocycles. The van der Waals surface area contributed by atoms with E-state index in [1.165, 1.54) is 12.1 Å². The van der Waals surface area contributed by atoms with Gasteiger partial charge < -0.3 is 5.32 Å². The lowest BCUT2D eigenvalue weighted by atomic mass is 9.98. The lowest BCUT2D eigenvalue weighted by Crippen LogP contribution is -2.29. The van der Waals surface area contributed by atoms with Crippen LogP contribution in [0, 0.1) is 5.82 Å². The van der Waals surface area contributed by atoms with Gasteiger partial charge in [0.15, 0.2) is 0 Å². The van der Waals surface area contributed by atoms with Crippen molar-refractivity contribution in [1.29, 1.82) is 0 Å². The van der Waals surface area contributed by atoms with Crippen molar-refractivity contribution in [2.45, 2.75) is 6.04 Å². The zero-order chi connectivity index (χ0) is 16.1. The summed E-state index contributed by atoms with van der Waals surface area (Å²) in [6.45, 7) is 0. The first kappa shape index (κ1) is 15.0. The van der Waals surface area contributed by atoms with Crippen molar-refractivity contribution in [3.05, 3.63) is 107 Å². The fourth-order valence-corrected chi connectivity index (χ4v) is 2.46. The van der Waals surface area contributed by atoms with E-state index < -0.39 is 0 Å². The molecule has 3 heteroatoms. The average Bonchev–Trinajstić information content (AvgIpc) is 2.62.